The number of ether oxygens (including phenoxy) is 1. The van der Waals surface area contributed by atoms with Crippen molar-refractivity contribution in [3.05, 3.63) is 30.3 Å². The van der Waals surface area contributed by atoms with Crippen LogP contribution >= 0.6 is 0 Å². The topological polar surface area (TPSA) is 84.5 Å². The monoisotopic (exact) mass is 354 g/mol. The minimum atomic E-state index is -3.29. The fourth-order valence-electron chi connectivity index (χ4n) is 3.02. The summed E-state index contributed by atoms with van der Waals surface area (Å²) in [6, 6.07) is 8.39. The predicted molar refractivity (Wildman–Crippen MR) is 92.5 cm³/mol. The number of methoxy groups -OCH3 is 1. The molecule has 1 amide bonds. The third-order valence-corrected chi connectivity index (χ3v) is 6.26. The molecule has 0 bridgehead atoms. The maximum Gasteiger partial charge on any atom is 0.228 e. The van der Waals surface area contributed by atoms with Crippen LogP contribution in [0.4, 0.5) is 0 Å². The van der Waals surface area contributed by atoms with E-state index >= 15 is 0 Å². The highest BCUT2D eigenvalue weighted by atomic mass is 32.2. The SMILES string of the molecule is COCC1(C(=O)NCCCS(=O)(=O)c2ccccc2)CCNCC1. The number of rotatable bonds is 8. The van der Waals surface area contributed by atoms with Crippen LogP contribution in [0.5, 0.6) is 0 Å². The molecule has 0 radical (unpaired) electrons. The number of hydrogen-bond donors (Lipinski definition) is 2. The van der Waals surface area contributed by atoms with Gasteiger partial charge in [-0.1, -0.05) is 18.2 Å². The van der Waals surface area contributed by atoms with E-state index < -0.39 is 15.3 Å². The zero-order valence-electron chi connectivity index (χ0n) is 14.1. The van der Waals surface area contributed by atoms with Crippen molar-refractivity contribution in [2.24, 2.45) is 5.41 Å². The lowest BCUT2D eigenvalue weighted by Crippen LogP contribution is -2.50. The maximum atomic E-state index is 12.5. The molecule has 1 aliphatic heterocycles. The predicted octanol–water partition coefficient (Wildman–Crippen LogP) is 0.983. The van der Waals surface area contributed by atoms with Gasteiger partial charge >= 0.3 is 0 Å². The maximum absolute atomic E-state index is 12.5. The van der Waals surface area contributed by atoms with Gasteiger partial charge in [0, 0.05) is 13.7 Å². The van der Waals surface area contributed by atoms with Gasteiger partial charge < -0.3 is 15.4 Å². The molecule has 7 heteroatoms. The summed E-state index contributed by atoms with van der Waals surface area (Å²) in [6.07, 6.45) is 1.86. The molecule has 1 saturated heterocycles. The van der Waals surface area contributed by atoms with E-state index in [1.807, 2.05) is 0 Å². The van der Waals surface area contributed by atoms with E-state index in [4.69, 9.17) is 4.74 Å². The van der Waals surface area contributed by atoms with Gasteiger partial charge in [0.15, 0.2) is 9.84 Å². The molecule has 0 spiro atoms. The van der Waals surface area contributed by atoms with E-state index in [-0.39, 0.29) is 11.7 Å². The van der Waals surface area contributed by atoms with Gasteiger partial charge in [-0.2, -0.15) is 0 Å². The van der Waals surface area contributed by atoms with E-state index in [1.165, 1.54) is 0 Å². The molecule has 134 valence electrons. The van der Waals surface area contributed by atoms with Crippen molar-refractivity contribution in [2.45, 2.75) is 24.2 Å². The minimum absolute atomic E-state index is 0.0239. The van der Waals surface area contributed by atoms with Gasteiger partial charge in [0.25, 0.3) is 0 Å². The van der Waals surface area contributed by atoms with Gasteiger partial charge in [-0.3, -0.25) is 4.79 Å². The van der Waals surface area contributed by atoms with Gasteiger partial charge in [0.1, 0.15) is 0 Å². The molecule has 0 saturated carbocycles. The minimum Gasteiger partial charge on any atom is -0.384 e. The van der Waals surface area contributed by atoms with Crippen LogP contribution in [-0.4, -0.2) is 53.4 Å². The molecule has 0 unspecified atom stereocenters. The first-order valence-electron chi connectivity index (χ1n) is 8.26. The lowest BCUT2D eigenvalue weighted by atomic mass is 9.78. The molecule has 1 fully saturated rings. The first kappa shape index (κ1) is 18.9. The summed E-state index contributed by atoms with van der Waals surface area (Å²) in [5.41, 5.74) is -0.502. The van der Waals surface area contributed by atoms with Crippen LogP contribution in [0.3, 0.4) is 0 Å². The smallest absolute Gasteiger partial charge is 0.228 e. The number of sulfone groups is 1. The summed E-state index contributed by atoms with van der Waals surface area (Å²) in [4.78, 5) is 12.9. The van der Waals surface area contributed by atoms with Crippen molar-refractivity contribution in [3.63, 3.8) is 0 Å². The molecule has 24 heavy (non-hydrogen) atoms. The van der Waals surface area contributed by atoms with E-state index in [2.05, 4.69) is 10.6 Å². The molecule has 0 atom stereocenters. The van der Waals surface area contributed by atoms with Gasteiger partial charge in [0.2, 0.25) is 5.91 Å². The van der Waals surface area contributed by atoms with Crippen LogP contribution in [0.2, 0.25) is 0 Å². The molecule has 1 aliphatic rings. The second-order valence-electron chi connectivity index (χ2n) is 6.20. The Morgan fingerprint density at radius 1 is 1.25 bits per heavy atom. The average molecular weight is 354 g/mol. The molecular formula is C17H26N2O4S. The lowest BCUT2D eigenvalue weighted by Gasteiger charge is -2.35. The molecule has 1 heterocycles. The Bertz CT molecular complexity index is 620. The summed E-state index contributed by atoms with van der Waals surface area (Å²) in [5, 5.41) is 6.13. The van der Waals surface area contributed by atoms with Crippen LogP contribution in [0.1, 0.15) is 19.3 Å². The third kappa shape index (κ3) is 4.78. The van der Waals surface area contributed by atoms with E-state index in [9.17, 15) is 13.2 Å². The summed E-state index contributed by atoms with van der Waals surface area (Å²) >= 11 is 0. The Balaban J connectivity index is 1.84. The fraction of sp³-hybridized carbons (Fsp3) is 0.588. The number of carbonyl (C=O) groups is 1. The largest absolute Gasteiger partial charge is 0.384 e. The van der Waals surface area contributed by atoms with Crippen LogP contribution in [0.25, 0.3) is 0 Å². The van der Waals surface area contributed by atoms with Crippen LogP contribution < -0.4 is 10.6 Å². The fourth-order valence-corrected chi connectivity index (χ4v) is 4.35. The molecule has 0 aliphatic carbocycles. The summed E-state index contributed by atoms with van der Waals surface area (Å²) in [5.74, 6) is -0.0150. The van der Waals surface area contributed by atoms with Crippen LogP contribution in [0, 0.1) is 5.41 Å². The summed E-state index contributed by atoms with van der Waals surface area (Å²) in [6.45, 7) is 2.32. The summed E-state index contributed by atoms with van der Waals surface area (Å²) in [7, 11) is -1.69. The molecule has 6 nitrogen and oxygen atoms in total. The molecule has 2 rings (SSSR count). The first-order valence-corrected chi connectivity index (χ1v) is 9.91. The Kier molecular flexibility index (Phi) is 6.77. The number of amides is 1. The molecule has 1 aromatic rings. The lowest BCUT2D eigenvalue weighted by molar-refractivity contribution is -0.136. The van der Waals surface area contributed by atoms with Crippen molar-refractivity contribution < 1.29 is 17.9 Å². The van der Waals surface area contributed by atoms with Crippen molar-refractivity contribution >= 4 is 15.7 Å². The van der Waals surface area contributed by atoms with Gasteiger partial charge in [0.05, 0.1) is 22.7 Å². The summed E-state index contributed by atoms with van der Waals surface area (Å²) < 4.78 is 29.6. The Hall–Kier alpha value is -1.44. The highest BCUT2D eigenvalue weighted by Gasteiger charge is 2.39. The second kappa shape index (κ2) is 8.60. The van der Waals surface area contributed by atoms with Crippen LogP contribution in [0.15, 0.2) is 35.2 Å². The Labute approximate surface area is 143 Å². The van der Waals surface area contributed by atoms with Gasteiger partial charge in [-0.05, 0) is 44.5 Å². The average Bonchev–Trinajstić information content (AvgIpc) is 2.60. The zero-order valence-corrected chi connectivity index (χ0v) is 14.9. The highest BCUT2D eigenvalue weighted by molar-refractivity contribution is 7.91. The van der Waals surface area contributed by atoms with E-state index in [1.54, 1.807) is 37.4 Å². The number of piperidine rings is 1. The van der Waals surface area contributed by atoms with Crippen molar-refractivity contribution in [3.8, 4) is 0 Å². The van der Waals surface area contributed by atoms with Crippen molar-refractivity contribution in [1.29, 1.82) is 0 Å². The quantitative estimate of drug-likeness (QED) is 0.680. The third-order valence-electron chi connectivity index (χ3n) is 4.44. The van der Waals surface area contributed by atoms with E-state index in [0.29, 0.717) is 24.5 Å². The van der Waals surface area contributed by atoms with Gasteiger partial charge in [-0.25, -0.2) is 8.42 Å². The standard InChI is InChI=1S/C17H26N2O4S/c1-23-14-17(8-11-18-12-9-17)16(20)19-10-5-13-24(21,22)15-6-3-2-4-7-15/h2-4,6-7,18H,5,8-14H2,1H3,(H,19,20). The number of benzene rings is 1. The number of nitrogens with one attached hydrogen (secondary N) is 2. The van der Waals surface area contributed by atoms with Gasteiger partial charge in [-0.15, -0.1) is 0 Å². The molecule has 1 aromatic carbocycles. The number of carbonyl (C=O) groups excluding carboxylic acids is 1. The molecular weight excluding hydrogens is 328 g/mol. The second-order valence-corrected chi connectivity index (χ2v) is 8.31. The Morgan fingerprint density at radius 2 is 1.92 bits per heavy atom. The molecule has 0 aromatic heterocycles. The highest BCUT2D eigenvalue weighted by Crippen LogP contribution is 2.29. The van der Waals surface area contributed by atoms with Crippen molar-refractivity contribution in [1.82, 2.24) is 10.6 Å². The normalized spacial score (nSPS) is 17.4. The number of hydrogen-bond acceptors (Lipinski definition) is 5. The van der Waals surface area contributed by atoms with Crippen molar-refractivity contribution in [2.75, 3.05) is 39.1 Å². The van der Waals surface area contributed by atoms with E-state index in [0.717, 1.165) is 25.9 Å². The first-order chi connectivity index (χ1) is 11.5. The Morgan fingerprint density at radius 3 is 2.54 bits per heavy atom. The zero-order chi connectivity index (χ0) is 17.5. The van der Waals surface area contributed by atoms with Crippen LogP contribution in [-0.2, 0) is 19.4 Å². The molecule has 2 N–H and O–H groups in total.